The van der Waals surface area contributed by atoms with Gasteiger partial charge >= 0.3 is 6.03 Å². The van der Waals surface area contributed by atoms with Gasteiger partial charge in [-0.25, -0.2) is 4.79 Å². The van der Waals surface area contributed by atoms with E-state index in [-0.39, 0.29) is 11.9 Å². The number of anilines is 2. The Kier molecular flexibility index (Phi) is 6.87. The molecule has 3 aromatic rings. The van der Waals surface area contributed by atoms with Crippen LogP contribution in [0.1, 0.15) is 19.8 Å². The van der Waals surface area contributed by atoms with E-state index in [1.807, 2.05) is 19.1 Å². The standard InChI is InChI=1S/C22H22ClN5O3S/c1-2-31-17-10-8-16(9-11-17)24-22(30)28-12-4-7-18(28)19(29)25-21-27-26-20(32-21)14-5-3-6-15(23)13-14/h3,5-6,8-11,13,18H,2,4,7,12H2,1H3,(H,24,30)(H,25,27,29). The SMILES string of the molecule is CCOc1ccc(NC(=O)N2CCCC2C(=O)Nc2nnc(-c3cccc(Cl)c3)s2)cc1. The zero-order chi connectivity index (χ0) is 22.5. The van der Waals surface area contributed by atoms with Gasteiger partial charge in [-0.3, -0.25) is 10.1 Å². The number of ether oxygens (including phenoxy) is 1. The first-order valence-electron chi connectivity index (χ1n) is 10.2. The van der Waals surface area contributed by atoms with Crippen molar-refractivity contribution < 1.29 is 14.3 Å². The number of hydrogen-bond acceptors (Lipinski definition) is 6. The molecule has 1 aliphatic heterocycles. The molecule has 2 aromatic carbocycles. The number of amides is 3. The fourth-order valence-corrected chi connectivity index (χ4v) is 4.41. The summed E-state index contributed by atoms with van der Waals surface area (Å²) in [5, 5.41) is 15.5. The Hall–Kier alpha value is -3.17. The number of carbonyl (C=O) groups excluding carboxylic acids is 2. The van der Waals surface area contributed by atoms with Crippen LogP contribution in [0.2, 0.25) is 5.02 Å². The van der Waals surface area contributed by atoms with Gasteiger partial charge in [0.15, 0.2) is 0 Å². The largest absolute Gasteiger partial charge is 0.494 e. The lowest BCUT2D eigenvalue weighted by atomic mass is 10.2. The second-order valence-electron chi connectivity index (χ2n) is 7.15. The molecule has 2 N–H and O–H groups in total. The molecule has 1 aliphatic rings. The molecule has 1 unspecified atom stereocenters. The number of likely N-dealkylation sites (tertiary alicyclic amines) is 1. The van der Waals surface area contributed by atoms with Crippen molar-refractivity contribution in [2.24, 2.45) is 0 Å². The lowest BCUT2D eigenvalue weighted by Crippen LogP contribution is -2.45. The van der Waals surface area contributed by atoms with Gasteiger partial charge in [0, 0.05) is 22.8 Å². The van der Waals surface area contributed by atoms with Crippen molar-refractivity contribution in [3.8, 4) is 16.3 Å². The van der Waals surface area contributed by atoms with E-state index >= 15 is 0 Å². The Labute approximate surface area is 194 Å². The van der Waals surface area contributed by atoms with E-state index in [9.17, 15) is 9.59 Å². The third kappa shape index (κ3) is 5.17. The maximum Gasteiger partial charge on any atom is 0.322 e. The highest BCUT2D eigenvalue weighted by atomic mass is 35.5. The second kappa shape index (κ2) is 9.97. The summed E-state index contributed by atoms with van der Waals surface area (Å²) in [5.41, 5.74) is 1.47. The molecule has 1 saturated heterocycles. The lowest BCUT2D eigenvalue weighted by Gasteiger charge is -2.23. The molecule has 3 amide bonds. The van der Waals surface area contributed by atoms with Crippen molar-refractivity contribution >= 4 is 45.7 Å². The van der Waals surface area contributed by atoms with E-state index in [4.69, 9.17) is 16.3 Å². The van der Waals surface area contributed by atoms with Crippen LogP contribution in [0.25, 0.3) is 10.6 Å². The van der Waals surface area contributed by atoms with E-state index < -0.39 is 6.04 Å². The predicted molar refractivity (Wildman–Crippen MR) is 125 cm³/mol. The molecule has 0 saturated carbocycles. The summed E-state index contributed by atoms with van der Waals surface area (Å²) in [5.74, 6) is 0.455. The first-order chi connectivity index (χ1) is 15.5. The first-order valence-corrected chi connectivity index (χ1v) is 11.4. The van der Waals surface area contributed by atoms with Crippen LogP contribution in [-0.2, 0) is 4.79 Å². The first kappa shape index (κ1) is 22.0. The van der Waals surface area contributed by atoms with Crippen LogP contribution in [-0.4, -0.2) is 46.2 Å². The van der Waals surface area contributed by atoms with Crippen LogP contribution < -0.4 is 15.4 Å². The third-order valence-electron chi connectivity index (χ3n) is 4.96. The molecule has 1 atom stereocenters. The highest BCUT2D eigenvalue weighted by molar-refractivity contribution is 7.18. The molecule has 0 aliphatic carbocycles. The fraction of sp³-hybridized carbons (Fsp3) is 0.273. The summed E-state index contributed by atoms with van der Waals surface area (Å²) in [4.78, 5) is 27.2. The van der Waals surface area contributed by atoms with E-state index in [2.05, 4.69) is 20.8 Å². The van der Waals surface area contributed by atoms with Crippen molar-refractivity contribution in [2.75, 3.05) is 23.8 Å². The minimum absolute atomic E-state index is 0.280. The number of benzene rings is 2. The van der Waals surface area contributed by atoms with E-state index in [1.54, 1.807) is 41.3 Å². The molecule has 32 heavy (non-hydrogen) atoms. The van der Waals surface area contributed by atoms with E-state index in [0.29, 0.717) is 40.4 Å². The molecule has 8 nitrogen and oxygen atoms in total. The molecule has 1 fully saturated rings. The third-order valence-corrected chi connectivity index (χ3v) is 6.08. The van der Waals surface area contributed by atoms with Gasteiger partial charge in [0.1, 0.15) is 16.8 Å². The van der Waals surface area contributed by atoms with Crippen LogP contribution in [0.4, 0.5) is 15.6 Å². The minimum Gasteiger partial charge on any atom is -0.494 e. The zero-order valence-electron chi connectivity index (χ0n) is 17.4. The number of halogens is 1. The Morgan fingerprint density at radius 2 is 2.00 bits per heavy atom. The van der Waals surface area contributed by atoms with Gasteiger partial charge in [-0.1, -0.05) is 35.1 Å². The monoisotopic (exact) mass is 471 g/mol. The fourth-order valence-electron chi connectivity index (χ4n) is 3.48. The van der Waals surface area contributed by atoms with Crippen molar-refractivity contribution in [1.29, 1.82) is 0 Å². The van der Waals surface area contributed by atoms with Gasteiger partial charge in [-0.05, 0) is 56.2 Å². The molecular formula is C22H22ClN5O3S. The van der Waals surface area contributed by atoms with Crippen molar-refractivity contribution in [1.82, 2.24) is 15.1 Å². The number of nitrogens with zero attached hydrogens (tertiary/aromatic N) is 3. The molecular weight excluding hydrogens is 450 g/mol. The van der Waals surface area contributed by atoms with Gasteiger partial charge in [0.25, 0.3) is 0 Å². The second-order valence-corrected chi connectivity index (χ2v) is 8.56. The van der Waals surface area contributed by atoms with E-state index in [1.165, 1.54) is 11.3 Å². The van der Waals surface area contributed by atoms with Crippen molar-refractivity contribution in [3.05, 3.63) is 53.6 Å². The smallest absolute Gasteiger partial charge is 0.322 e. The maximum absolute atomic E-state index is 12.9. The summed E-state index contributed by atoms with van der Waals surface area (Å²) < 4.78 is 5.41. The molecule has 10 heteroatoms. The summed E-state index contributed by atoms with van der Waals surface area (Å²) in [6.45, 7) is 2.99. The van der Waals surface area contributed by atoms with Crippen molar-refractivity contribution in [2.45, 2.75) is 25.8 Å². The molecule has 166 valence electrons. The average molecular weight is 472 g/mol. The Morgan fingerprint density at radius 1 is 1.19 bits per heavy atom. The molecule has 0 radical (unpaired) electrons. The van der Waals surface area contributed by atoms with Gasteiger partial charge in [0.2, 0.25) is 11.0 Å². The maximum atomic E-state index is 12.9. The van der Waals surface area contributed by atoms with E-state index in [0.717, 1.165) is 17.7 Å². The highest BCUT2D eigenvalue weighted by Gasteiger charge is 2.34. The number of urea groups is 1. The lowest BCUT2D eigenvalue weighted by molar-refractivity contribution is -0.119. The minimum atomic E-state index is -0.573. The number of hydrogen-bond donors (Lipinski definition) is 2. The van der Waals surface area contributed by atoms with Crippen LogP contribution in [0, 0.1) is 0 Å². The normalized spacial score (nSPS) is 15.4. The van der Waals surface area contributed by atoms with Crippen LogP contribution in [0.5, 0.6) is 5.75 Å². The highest BCUT2D eigenvalue weighted by Crippen LogP contribution is 2.29. The van der Waals surface area contributed by atoms with Gasteiger partial charge in [0.05, 0.1) is 6.61 Å². The molecule has 0 bridgehead atoms. The zero-order valence-corrected chi connectivity index (χ0v) is 18.9. The quantitative estimate of drug-likeness (QED) is 0.533. The van der Waals surface area contributed by atoms with Gasteiger partial charge in [-0.15, -0.1) is 10.2 Å². The molecule has 4 rings (SSSR count). The van der Waals surface area contributed by atoms with Gasteiger partial charge < -0.3 is 15.0 Å². The number of rotatable bonds is 6. The van der Waals surface area contributed by atoms with Crippen LogP contribution in [0.15, 0.2) is 48.5 Å². The summed E-state index contributed by atoms with van der Waals surface area (Å²) >= 11 is 7.29. The van der Waals surface area contributed by atoms with Crippen LogP contribution >= 0.6 is 22.9 Å². The van der Waals surface area contributed by atoms with Gasteiger partial charge in [-0.2, -0.15) is 0 Å². The Bertz CT molecular complexity index is 1100. The molecule has 1 aromatic heterocycles. The summed E-state index contributed by atoms with van der Waals surface area (Å²) in [6, 6.07) is 13.5. The number of carbonyl (C=O) groups is 2. The van der Waals surface area contributed by atoms with Crippen molar-refractivity contribution in [3.63, 3.8) is 0 Å². The van der Waals surface area contributed by atoms with Crippen LogP contribution in [0.3, 0.4) is 0 Å². The average Bonchev–Trinajstić information content (AvgIpc) is 3.45. The summed E-state index contributed by atoms with van der Waals surface area (Å²) in [7, 11) is 0. The molecule has 0 spiro atoms. The topological polar surface area (TPSA) is 96.5 Å². The Balaban J connectivity index is 1.38. The predicted octanol–water partition coefficient (Wildman–Crippen LogP) is 4.89. The number of nitrogens with one attached hydrogen (secondary N) is 2. The number of aromatic nitrogens is 2. The summed E-state index contributed by atoms with van der Waals surface area (Å²) in [6.07, 6.45) is 1.33. The Morgan fingerprint density at radius 3 is 2.75 bits per heavy atom. The molecule has 2 heterocycles.